The van der Waals surface area contributed by atoms with Crippen molar-refractivity contribution in [3.05, 3.63) is 23.9 Å². The standard InChI is InChI=1S/C12H15N3/c1-2-4-9-7-11(9)15-12-10(8-13)5-3-6-14-12/h3,5-6,9,11H,2,4,7H2,1H3,(H,14,15). The molecule has 3 nitrogen and oxygen atoms in total. The first-order valence-electron chi connectivity index (χ1n) is 5.46. The first kappa shape index (κ1) is 9.97. The van der Waals surface area contributed by atoms with Crippen molar-refractivity contribution in [1.29, 1.82) is 5.26 Å². The monoisotopic (exact) mass is 201 g/mol. The van der Waals surface area contributed by atoms with Gasteiger partial charge in [0.2, 0.25) is 0 Å². The first-order chi connectivity index (χ1) is 7.35. The molecule has 1 aromatic heterocycles. The summed E-state index contributed by atoms with van der Waals surface area (Å²) in [6, 6.07) is 6.27. The van der Waals surface area contributed by atoms with Gasteiger partial charge >= 0.3 is 0 Å². The molecule has 78 valence electrons. The van der Waals surface area contributed by atoms with Gasteiger partial charge in [-0.05, 0) is 30.9 Å². The van der Waals surface area contributed by atoms with Gasteiger partial charge in [-0.25, -0.2) is 4.98 Å². The van der Waals surface area contributed by atoms with E-state index >= 15 is 0 Å². The number of anilines is 1. The maximum Gasteiger partial charge on any atom is 0.144 e. The Bertz CT molecular complexity index is 381. The van der Waals surface area contributed by atoms with Crippen LogP contribution in [0.5, 0.6) is 0 Å². The number of pyridine rings is 1. The summed E-state index contributed by atoms with van der Waals surface area (Å²) in [6.07, 6.45) is 5.44. The van der Waals surface area contributed by atoms with Gasteiger partial charge in [-0.2, -0.15) is 5.26 Å². The van der Waals surface area contributed by atoms with Gasteiger partial charge in [-0.15, -0.1) is 0 Å². The van der Waals surface area contributed by atoms with Gasteiger partial charge in [0, 0.05) is 12.2 Å². The molecule has 1 aliphatic carbocycles. The van der Waals surface area contributed by atoms with Crippen LogP contribution in [0, 0.1) is 17.2 Å². The van der Waals surface area contributed by atoms with Gasteiger partial charge < -0.3 is 5.32 Å². The second kappa shape index (κ2) is 4.31. The average molecular weight is 201 g/mol. The second-order valence-corrected chi connectivity index (χ2v) is 4.05. The lowest BCUT2D eigenvalue weighted by atomic mass is 10.2. The van der Waals surface area contributed by atoms with Gasteiger partial charge in [0.15, 0.2) is 0 Å². The Hall–Kier alpha value is -1.56. The molecule has 0 spiro atoms. The largest absolute Gasteiger partial charge is 0.366 e. The molecule has 3 heteroatoms. The summed E-state index contributed by atoms with van der Waals surface area (Å²) in [7, 11) is 0. The van der Waals surface area contributed by atoms with Gasteiger partial charge in [0.05, 0.1) is 5.56 Å². The number of rotatable bonds is 4. The molecule has 1 aromatic rings. The van der Waals surface area contributed by atoms with Crippen LogP contribution in [0.3, 0.4) is 0 Å². The topological polar surface area (TPSA) is 48.7 Å². The van der Waals surface area contributed by atoms with Gasteiger partial charge in [-0.1, -0.05) is 13.3 Å². The highest BCUT2D eigenvalue weighted by atomic mass is 15.0. The Morgan fingerprint density at radius 3 is 3.27 bits per heavy atom. The minimum atomic E-state index is 0.534. The molecule has 0 amide bonds. The van der Waals surface area contributed by atoms with E-state index in [1.807, 2.05) is 0 Å². The lowest BCUT2D eigenvalue weighted by Gasteiger charge is -2.05. The summed E-state index contributed by atoms with van der Waals surface area (Å²) >= 11 is 0. The quantitative estimate of drug-likeness (QED) is 0.814. The molecular weight excluding hydrogens is 186 g/mol. The normalized spacial score (nSPS) is 23.2. The summed E-state index contributed by atoms with van der Waals surface area (Å²) in [5, 5.41) is 12.2. The third-order valence-corrected chi connectivity index (χ3v) is 2.83. The van der Waals surface area contributed by atoms with E-state index in [0.29, 0.717) is 11.6 Å². The fourth-order valence-corrected chi connectivity index (χ4v) is 1.90. The Morgan fingerprint density at radius 2 is 2.53 bits per heavy atom. The maximum absolute atomic E-state index is 8.89. The predicted octanol–water partition coefficient (Wildman–Crippen LogP) is 2.55. The van der Waals surface area contributed by atoms with Gasteiger partial charge in [0.1, 0.15) is 11.9 Å². The zero-order valence-electron chi connectivity index (χ0n) is 8.90. The fraction of sp³-hybridized carbons (Fsp3) is 0.500. The van der Waals surface area contributed by atoms with Crippen LogP contribution in [0.25, 0.3) is 0 Å². The van der Waals surface area contributed by atoms with Crippen LogP contribution in [0.15, 0.2) is 18.3 Å². The third-order valence-electron chi connectivity index (χ3n) is 2.83. The highest BCUT2D eigenvalue weighted by molar-refractivity contribution is 5.52. The van der Waals surface area contributed by atoms with Crippen molar-refractivity contribution in [3.63, 3.8) is 0 Å². The average Bonchev–Trinajstić information content (AvgIpc) is 2.98. The van der Waals surface area contributed by atoms with Crippen LogP contribution < -0.4 is 5.32 Å². The predicted molar refractivity (Wildman–Crippen MR) is 59.4 cm³/mol. The molecular formula is C12H15N3. The molecule has 2 rings (SSSR count). The number of nitriles is 1. The molecule has 1 N–H and O–H groups in total. The van der Waals surface area contributed by atoms with Crippen molar-refractivity contribution in [2.75, 3.05) is 5.32 Å². The van der Waals surface area contributed by atoms with Crippen molar-refractivity contribution in [3.8, 4) is 6.07 Å². The minimum absolute atomic E-state index is 0.534. The van der Waals surface area contributed by atoms with Crippen molar-refractivity contribution >= 4 is 5.82 Å². The second-order valence-electron chi connectivity index (χ2n) is 4.05. The van der Waals surface area contributed by atoms with Crippen LogP contribution in [0.2, 0.25) is 0 Å². The molecule has 0 radical (unpaired) electrons. The molecule has 2 atom stereocenters. The Labute approximate surface area is 90.1 Å². The third kappa shape index (κ3) is 2.27. The lowest BCUT2D eigenvalue weighted by molar-refractivity contribution is 0.692. The van der Waals surface area contributed by atoms with Crippen LogP contribution in [0.1, 0.15) is 31.7 Å². The fourth-order valence-electron chi connectivity index (χ4n) is 1.90. The summed E-state index contributed by atoms with van der Waals surface area (Å²) in [5.74, 6) is 1.52. The van der Waals surface area contributed by atoms with E-state index in [9.17, 15) is 0 Å². The molecule has 2 unspecified atom stereocenters. The number of aromatic nitrogens is 1. The Balaban J connectivity index is 1.98. The summed E-state index contributed by atoms with van der Waals surface area (Å²) < 4.78 is 0. The van der Waals surface area contributed by atoms with Crippen molar-refractivity contribution in [2.24, 2.45) is 5.92 Å². The minimum Gasteiger partial charge on any atom is -0.366 e. The molecule has 0 saturated heterocycles. The van der Waals surface area contributed by atoms with Crippen molar-refractivity contribution in [1.82, 2.24) is 4.98 Å². The van der Waals surface area contributed by atoms with E-state index < -0.39 is 0 Å². The van der Waals surface area contributed by atoms with Crippen LogP contribution in [-0.2, 0) is 0 Å². The molecule has 1 heterocycles. The molecule has 0 bridgehead atoms. The van der Waals surface area contributed by atoms with E-state index in [4.69, 9.17) is 5.26 Å². The number of hydrogen-bond acceptors (Lipinski definition) is 3. The van der Waals surface area contributed by atoms with Crippen LogP contribution in [-0.4, -0.2) is 11.0 Å². The van der Waals surface area contributed by atoms with Gasteiger partial charge in [-0.3, -0.25) is 0 Å². The molecule has 1 aliphatic rings. The van der Waals surface area contributed by atoms with Crippen LogP contribution >= 0.6 is 0 Å². The summed E-state index contributed by atoms with van der Waals surface area (Å²) in [6.45, 7) is 2.21. The van der Waals surface area contributed by atoms with Gasteiger partial charge in [0.25, 0.3) is 0 Å². The maximum atomic E-state index is 8.89. The summed E-state index contributed by atoms with van der Waals surface area (Å²) in [5.41, 5.74) is 0.639. The Kier molecular flexibility index (Phi) is 2.86. The van der Waals surface area contributed by atoms with E-state index in [0.717, 1.165) is 11.7 Å². The number of nitrogens with zero attached hydrogens (tertiary/aromatic N) is 2. The van der Waals surface area contributed by atoms with Crippen molar-refractivity contribution in [2.45, 2.75) is 32.2 Å². The van der Waals surface area contributed by atoms with E-state index in [1.165, 1.54) is 19.3 Å². The number of hydrogen-bond donors (Lipinski definition) is 1. The van der Waals surface area contributed by atoms with E-state index in [2.05, 4.69) is 23.3 Å². The zero-order chi connectivity index (χ0) is 10.7. The SMILES string of the molecule is CCCC1CC1Nc1ncccc1C#N. The van der Waals surface area contributed by atoms with Crippen LogP contribution in [0.4, 0.5) is 5.82 Å². The zero-order valence-corrected chi connectivity index (χ0v) is 8.90. The van der Waals surface area contributed by atoms with E-state index in [1.54, 1.807) is 18.3 Å². The van der Waals surface area contributed by atoms with E-state index in [-0.39, 0.29) is 0 Å². The molecule has 15 heavy (non-hydrogen) atoms. The molecule has 1 fully saturated rings. The number of nitrogens with one attached hydrogen (secondary N) is 1. The van der Waals surface area contributed by atoms with Crippen molar-refractivity contribution < 1.29 is 0 Å². The first-order valence-corrected chi connectivity index (χ1v) is 5.46. The molecule has 1 saturated carbocycles. The molecule has 0 aliphatic heterocycles. The Morgan fingerprint density at radius 1 is 1.67 bits per heavy atom. The molecule has 0 aromatic carbocycles. The highest BCUT2D eigenvalue weighted by Gasteiger charge is 2.36. The smallest absolute Gasteiger partial charge is 0.144 e. The lowest BCUT2D eigenvalue weighted by Crippen LogP contribution is -2.07. The summed E-state index contributed by atoms with van der Waals surface area (Å²) in [4.78, 5) is 4.19. The highest BCUT2D eigenvalue weighted by Crippen LogP contribution is 2.37.